The Labute approximate surface area is 113 Å². The van der Waals surface area contributed by atoms with Crippen molar-refractivity contribution in [2.75, 3.05) is 23.4 Å². The van der Waals surface area contributed by atoms with Gasteiger partial charge in [-0.2, -0.15) is 9.97 Å². The number of rotatable bonds is 4. The molecular weight excluding hydrogens is 238 g/mol. The molecular formula is C14H19N5. The van der Waals surface area contributed by atoms with Crippen LogP contribution in [-0.2, 0) is 0 Å². The van der Waals surface area contributed by atoms with Gasteiger partial charge in [-0.05, 0) is 19.4 Å². The molecule has 2 rings (SSSR count). The first-order chi connectivity index (χ1) is 9.08. The second-order valence-corrected chi connectivity index (χ2v) is 4.52. The predicted molar refractivity (Wildman–Crippen MR) is 79.2 cm³/mol. The monoisotopic (exact) mass is 257 g/mol. The van der Waals surface area contributed by atoms with E-state index in [1.807, 2.05) is 6.07 Å². The standard InChI is InChI=1S/C14H19N5/c1-9-4-6-11(7-5-9)10(2)17-13-8-12(16-3)18-14(15)19-13/h4-8,10H,1-3H3,(H4,15,16,17,18,19). The first-order valence-electron chi connectivity index (χ1n) is 6.24. The maximum absolute atomic E-state index is 5.67. The molecule has 1 unspecified atom stereocenters. The summed E-state index contributed by atoms with van der Waals surface area (Å²) in [6.07, 6.45) is 0. The van der Waals surface area contributed by atoms with Crippen molar-refractivity contribution >= 4 is 17.6 Å². The third-order valence-electron chi connectivity index (χ3n) is 2.94. The van der Waals surface area contributed by atoms with Crippen molar-refractivity contribution in [1.29, 1.82) is 0 Å². The van der Waals surface area contributed by atoms with Crippen LogP contribution < -0.4 is 16.4 Å². The van der Waals surface area contributed by atoms with Gasteiger partial charge in [0.15, 0.2) is 0 Å². The van der Waals surface area contributed by atoms with Gasteiger partial charge in [-0.1, -0.05) is 29.8 Å². The molecule has 0 bridgehead atoms. The molecule has 4 N–H and O–H groups in total. The van der Waals surface area contributed by atoms with Crippen molar-refractivity contribution in [3.05, 3.63) is 41.5 Å². The molecule has 2 aromatic rings. The molecule has 19 heavy (non-hydrogen) atoms. The Morgan fingerprint density at radius 2 is 1.74 bits per heavy atom. The predicted octanol–water partition coefficient (Wildman–Crippen LogP) is 2.58. The summed E-state index contributed by atoms with van der Waals surface area (Å²) in [6, 6.07) is 10.4. The van der Waals surface area contributed by atoms with Gasteiger partial charge in [0.25, 0.3) is 0 Å². The molecule has 1 aromatic carbocycles. The van der Waals surface area contributed by atoms with Gasteiger partial charge >= 0.3 is 0 Å². The van der Waals surface area contributed by atoms with Crippen LogP contribution in [0.5, 0.6) is 0 Å². The number of nitrogen functional groups attached to an aromatic ring is 1. The lowest BCUT2D eigenvalue weighted by Gasteiger charge is -2.16. The highest BCUT2D eigenvalue weighted by Gasteiger charge is 2.07. The van der Waals surface area contributed by atoms with E-state index in [9.17, 15) is 0 Å². The molecule has 0 aliphatic carbocycles. The van der Waals surface area contributed by atoms with Crippen LogP contribution in [0.15, 0.2) is 30.3 Å². The lowest BCUT2D eigenvalue weighted by atomic mass is 10.1. The summed E-state index contributed by atoms with van der Waals surface area (Å²) in [6.45, 7) is 4.16. The molecule has 0 aliphatic heterocycles. The molecule has 1 aromatic heterocycles. The lowest BCUT2D eigenvalue weighted by molar-refractivity contribution is 0.872. The second-order valence-electron chi connectivity index (χ2n) is 4.52. The Balaban J connectivity index is 2.16. The number of hydrogen-bond donors (Lipinski definition) is 3. The van der Waals surface area contributed by atoms with E-state index in [4.69, 9.17) is 5.73 Å². The topological polar surface area (TPSA) is 75.9 Å². The molecule has 0 amide bonds. The largest absolute Gasteiger partial charge is 0.373 e. The lowest BCUT2D eigenvalue weighted by Crippen LogP contribution is -2.10. The van der Waals surface area contributed by atoms with E-state index in [-0.39, 0.29) is 12.0 Å². The number of hydrogen-bond acceptors (Lipinski definition) is 5. The van der Waals surface area contributed by atoms with Gasteiger partial charge in [-0.15, -0.1) is 0 Å². The molecule has 5 nitrogen and oxygen atoms in total. The van der Waals surface area contributed by atoms with E-state index in [0.29, 0.717) is 11.6 Å². The number of nitrogens with one attached hydrogen (secondary N) is 2. The minimum absolute atomic E-state index is 0.152. The zero-order chi connectivity index (χ0) is 13.8. The molecule has 1 atom stereocenters. The van der Waals surface area contributed by atoms with Gasteiger partial charge in [-0.3, -0.25) is 0 Å². The van der Waals surface area contributed by atoms with Crippen LogP contribution in [0.3, 0.4) is 0 Å². The van der Waals surface area contributed by atoms with E-state index < -0.39 is 0 Å². The van der Waals surface area contributed by atoms with E-state index in [1.54, 1.807) is 7.05 Å². The number of nitrogens with two attached hydrogens (primary N) is 1. The average molecular weight is 257 g/mol. The van der Waals surface area contributed by atoms with E-state index in [1.165, 1.54) is 11.1 Å². The molecule has 0 saturated carbocycles. The Kier molecular flexibility index (Phi) is 3.85. The third kappa shape index (κ3) is 3.34. The molecule has 5 heteroatoms. The first-order valence-corrected chi connectivity index (χ1v) is 6.24. The van der Waals surface area contributed by atoms with E-state index in [2.05, 4.69) is 58.7 Å². The summed E-state index contributed by atoms with van der Waals surface area (Å²) < 4.78 is 0. The van der Waals surface area contributed by atoms with Crippen molar-refractivity contribution in [1.82, 2.24) is 9.97 Å². The van der Waals surface area contributed by atoms with Crippen LogP contribution in [0.25, 0.3) is 0 Å². The first kappa shape index (κ1) is 13.1. The summed E-state index contributed by atoms with van der Waals surface area (Å²) in [5.41, 5.74) is 8.12. The second kappa shape index (κ2) is 5.56. The van der Waals surface area contributed by atoms with Crippen LogP contribution in [0.1, 0.15) is 24.1 Å². The van der Waals surface area contributed by atoms with Crippen LogP contribution >= 0.6 is 0 Å². The van der Waals surface area contributed by atoms with Crippen LogP contribution in [0, 0.1) is 6.92 Å². The van der Waals surface area contributed by atoms with Gasteiger partial charge in [0, 0.05) is 19.2 Å². The molecule has 0 radical (unpaired) electrons. The highest BCUT2D eigenvalue weighted by molar-refractivity contribution is 5.51. The van der Waals surface area contributed by atoms with Crippen molar-refractivity contribution < 1.29 is 0 Å². The van der Waals surface area contributed by atoms with Gasteiger partial charge in [0.1, 0.15) is 11.6 Å². The number of nitrogens with zero attached hydrogens (tertiary/aromatic N) is 2. The minimum atomic E-state index is 0.152. The van der Waals surface area contributed by atoms with Gasteiger partial charge in [-0.25, -0.2) is 0 Å². The van der Waals surface area contributed by atoms with Gasteiger partial charge < -0.3 is 16.4 Å². The highest BCUT2D eigenvalue weighted by Crippen LogP contribution is 2.20. The van der Waals surface area contributed by atoms with Gasteiger partial charge in [0.2, 0.25) is 5.95 Å². The van der Waals surface area contributed by atoms with Crippen LogP contribution in [0.2, 0.25) is 0 Å². The molecule has 100 valence electrons. The Morgan fingerprint density at radius 3 is 2.37 bits per heavy atom. The van der Waals surface area contributed by atoms with E-state index >= 15 is 0 Å². The van der Waals surface area contributed by atoms with Crippen LogP contribution in [-0.4, -0.2) is 17.0 Å². The van der Waals surface area contributed by atoms with Gasteiger partial charge in [0.05, 0.1) is 0 Å². The normalized spacial score (nSPS) is 11.9. The van der Waals surface area contributed by atoms with Crippen molar-refractivity contribution in [3.8, 4) is 0 Å². The summed E-state index contributed by atoms with van der Waals surface area (Å²) in [5, 5.41) is 6.28. The number of aryl methyl sites for hydroxylation is 1. The van der Waals surface area contributed by atoms with Crippen LogP contribution in [0.4, 0.5) is 17.6 Å². The fourth-order valence-electron chi connectivity index (χ4n) is 1.83. The molecule has 0 aliphatic rings. The number of aromatic nitrogens is 2. The zero-order valence-corrected chi connectivity index (χ0v) is 11.4. The fraction of sp³-hybridized carbons (Fsp3) is 0.286. The third-order valence-corrected chi connectivity index (χ3v) is 2.94. The van der Waals surface area contributed by atoms with Crippen molar-refractivity contribution in [2.45, 2.75) is 19.9 Å². The summed E-state index contributed by atoms with van der Waals surface area (Å²) in [5.74, 6) is 1.67. The molecule has 0 saturated heterocycles. The Hall–Kier alpha value is -2.30. The minimum Gasteiger partial charge on any atom is -0.373 e. The number of benzene rings is 1. The van der Waals surface area contributed by atoms with Crippen molar-refractivity contribution in [3.63, 3.8) is 0 Å². The van der Waals surface area contributed by atoms with Crippen molar-refractivity contribution in [2.24, 2.45) is 0 Å². The maximum atomic E-state index is 5.67. The summed E-state index contributed by atoms with van der Waals surface area (Å²) in [7, 11) is 1.80. The fourth-order valence-corrected chi connectivity index (χ4v) is 1.83. The smallest absolute Gasteiger partial charge is 0.223 e. The summed E-state index contributed by atoms with van der Waals surface area (Å²) >= 11 is 0. The average Bonchev–Trinajstić information content (AvgIpc) is 2.38. The Bertz CT molecular complexity index is 550. The molecule has 1 heterocycles. The van der Waals surface area contributed by atoms with E-state index in [0.717, 1.165) is 0 Å². The molecule has 0 fully saturated rings. The molecule has 0 spiro atoms. The maximum Gasteiger partial charge on any atom is 0.223 e. The zero-order valence-electron chi connectivity index (χ0n) is 11.4. The number of anilines is 3. The quantitative estimate of drug-likeness (QED) is 0.785. The Morgan fingerprint density at radius 1 is 1.11 bits per heavy atom. The summed E-state index contributed by atoms with van der Waals surface area (Å²) in [4.78, 5) is 8.24. The SMILES string of the molecule is CNc1cc(NC(C)c2ccc(C)cc2)nc(N)n1. The highest BCUT2D eigenvalue weighted by atomic mass is 15.1.